The van der Waals surface area contributed by atoms with Crippen LogP contribution in [0.5, 0.6) is 5.75 Å². The van der Waals surface area contributed by atoms with Gasteiger partial charge in [0.05, 0.1) is 23.4 Å². The Kier molecular flexibility index (Phi) is 6.80. The van der Waals surface area contributed by atoms with Crippen LogP contribution in [0.1, 0.15) is 50.9 Å². The number of amides is 2. The zero-order chi connectivity index (χ0) is 26.2. The molecule has 1 saturated heterocycles. The van der Waals surface area contributed by atoms with Gasteiger partial charge in [-0.15, -0.1) is 0 Å². The van der Waals surface area contributed by atoms with Crippen LogP contribution in [0.15, 0.2) is 54.6 Å². The summed E-state index contributed by atoms with van der Waals surface area (Å²) in [6, 6.07) is 17.6. The van der Waals surface area contributed by atoms with Gasteiger partial charge in [0, 0.05) is 30.1 Å². The van der Waals surface area contributed by atoms with E-state index in [-0.39, 0.29) is 18.0 Å². The molecule has 0 spiro atoms. The quantitative estimate of drug-likeness (QED) is 0.470. The molecule has 7 heteroatoms. The lowest BCUT2D eigenvalue weighted by molar-refractivity contribution is -0.0236. The summed E-state index contributed by atoms with van der Waals surface area (Å²) in [5, 5.41) is 4.08. The molecule has 2 amide bonds. The maximum absolute atomic E-state index is 13.4. The number of aromatic nitrogens is 1. The molecule has 1 aliphatic carbocycles. The highest BCUT2D eigenvalue weighted by Crippen LogP contribution is 2.39. The second kappa shape index (κ2) is 10.0. The Balaban J connectivity index is 1.22. The first-order valence-corrected chi connectivity index (χ1v) is 13.1. The first kappa shape index (κ1) is 25.1. The maximum Gasteiger partial charge on any atom is 0.410 e. The molecule has 0 bridgehead atoms. The van der Waals surface area contributed by atoms with Crippen molar-refractivity contribution in [1.29, 1.82) is 0 Å². The number of fused-ring (bicyclic) bond motifs is 1. The molecule has 0 unspecified atom stereocenters. The molecular weight excluding hydrogens is 466 g/mol. The Labute approximate surface area is 218 Å². The number of ether oxygens (including phenoxy) is 2. The number of pyridine rings is 1. The van der Waals surface area contributed by atoms with Gasteiger partial charge in [-0.3, -0.25) is 4.79 Å². The minimum Gasteiger partial charge on any atom is -0.494 e. The number of hydrogen-bond donors (Lipinski definition) is 1. The van der Waals surface area contributed by atoms with Gasteiger partial charge < -0.3 is 19.7 Å². The van der Waals surface area contributed by atoms with Crippen LogP contribution in [-0.2, 0) is 4.74 Å². The Bertz CT molecular complexity index is 1290. The summed E-state index contributed by atoms with van der Waals surface area (Å²) >= 11 is 0. The van der Waals surface area contributed by atoms with E-state index < -0.39 is 5.60 Å². The molecule has 1 N–H and O–H groups in total. The van der Waals surface area contributed by atoms with Crippen LogP contribution in [0.4, 0.5) is 4.79 Å². The SMILES string of the molecule is CCOc1ccc(-c2cc(C(=O)NC3CC(C4CN(C(=O)OC(C)(C)C)C4)C3)c3ccccc3n2)cc1. The fourth-order valence-corrected chi connectivity index (χ4v) is 5.11. The van der Waals surface area contributed by atoms with Crippen LogP contribution < -0.4 is 10.1 Å². The van der Waals surface area contributed by atoms with Crippen LogP contribution in [0, 0.1) is 11.8 Å². The van der Waals surface area contributed by atoms with Gasteiger partial charge in [0.1, 0.15) is 11.4 Å². The van der Waals surface area contributed by atoms with E-state index in [0.717, 1.165) is 53.8 Å². The van der Waals surface area contributed by atoms with E-state index >= 15 is 0 Å². The van der Waals surface area contributed by atoms with Gasteiger partial charge in [0.2, 0.25) is 0 Å². The molecule has 2 fully saturated rings. The highest BCUT2D eigenvalue weighted by atomic mass is 16.6. The third-order valence-corrected chi connectivity index (χ3v) is 7.16. The normalized spacial score (nSPS) is 19.6. The van der Waals surface area contributed by atoms with Gasteiger partial charge in [-0.05, 0) is 88.8 Å². The van der Waals surface area contributed by atoms with Crippen LogP contribution in [0.2, 0.25) is 0 Å². The minimum absolute atomic E-state index is 0.0711. The van der Waals surface area contributed by atoms with E-state index in [4.69, 9.17) is 14.5 Å². The van der Waals surface area contributed by atoms with Crippen molar-refractivity contribution in [2.24, 2.45) is 11.8 Å². The van der Waals surface area contributed by atoms with Crippen molar-refractivity contribution >= 4 is 22.9 Å². The average Bonchev–Trinajstić information content (AvgIpc) is 2.80. The van der Waals surface area contributed by atoms with Crippen molar-refractivity contribution in [2.45, 2.75) is 52.2 Å². The Morgan fingerprint density at radius 2 is 1.73 bits per heavy atom. The second-order valence-electron chi connectivity index (χ2n) is 11.1. The third kappa shape index (κ3) is 5.55. The Morgan fingerprint density at radius 1 is 1.03 bits per heavy atom. The van der Waals surface area contributed by atoms with Crippen LogP contribution in [0.25, 0.3) is 22.2 Å². The smallest absolute Gasteiger partial charge is 0.410 e. The number of benzene rings is 2. The van der Waals surface area contributed by atoms with Crippen molar-refractivity contribution < 1.29 is 19.1 Å². The zero-order valence-electron chi connectivity index (χ0n) is 22.0. The van der Waals surface area contributed by atoms with Gasteiger partial charge in [0.15, 0.2) is 0 Å². The number of carbonyl (C=O) groups excluding carboxylic acids is 2. The van der Waals surface area contributed by atoms with Crippen LogP contribution >= 0.6 is 0 Å². The molecule has 37 heavy (non-hydrogen) atoms. The highest BCUT2D eigenvalue weighted by molar-refractivity contribution is 6.07. The second-order valence-corrected chi connectivity index (χ2v) is 11.1. The van der Waals surface area contributed by atoms with E-state index in [0.29, 0.717) is 24.0 Å². The number of likely N-dealkylation sites (tertiary alicyclic amines) is 1. The van der Waals surface area contributed by atoms with Gasteiger partial charge >= 0.3 is 6.09 Å². The molecule has 2 heterocycles. The van der Waals surface area contributed by atoms with Crippen LogP contribution in [-0.4, -0.2) is 53.2 Å². The summed E-state index contributed by atoms with van der Waals surface area (Å²) in [6.45, 7) is 9.69. The van der Waals surface area contributed by atoms with E-state index in [1.165, 1.54) is 0 Å². The lowest BCUT2D eigenvalue weighted by Crippen LogP contribution is -2.58. The van der Waals surface area contributed by atoms with E-state index in [9.17, 15) is 9.59 Å². The summed E-state index contributed by atoms with van der Waals surface area (Å²) in [4.78, 5) is 32.2. The molecule has 194 valence electrons. The number of rotatable bonds is 6. The molecule has 1 aliphatic heterocycles. The minimum atomic E-state index is -0.474. The summed E-state index contributed by atoms with van der Waals surface area (Å²) in [6.07, 6.45) is 1.64. The fourth-order valence-electron chi connectivity index (χ4n) is 5.11. The number of carbonyl (C=O) groups is 2. The monoisotopic (exact) mass is 501 g/mol. The molecule has 7 nitrogen and oxygen atoms in total. The van der Waals surface area contributed by atoms with E-state index in [1.54, 1.807) is 4.90 Å². The van der Waals surface area contributed by atoms with Gasteiger partial charge in [-0.1, -0.05) is 18.2 Å². The summed E-state index contributed by atoms with van der Waals surface area (Å²) < 4.78 is 11.0. The summed E-state index contributed by atoms with van der Waals surface area (Å²) in [5.74, 6) is 1.75. The molecule has 1 saturated carbocycles. The predicted octanol–water partition coefficient (Wildman–Crippen LogP) is 5.68. The molecular formula is C30H35N3O4. The number of para-hydroxylation sites is 1. The Hall–Kier alpha value is -3.61. The number of hydrogen-bond acceptors (Lipinski definition) is 5. The molecule has 0 radical (unpaired) electrons. The first-order valence-electron chi connectivity index (χ1n) is 13.1. The van der Waals surface area contributed by atoms with Crippen molar-refractivity contribution in [3.63, 3.8) is 0 Å². The maximum atomic E-state index is 13.4. The van der Waals surface area contributed by atoms with Crippen LogP contribution in [0.3, 0.4) is 0 Å². The molecule has 0 atom stereocenters. The van der Waals surface area contributed by atoms with Crippen molar-refractivity contribution in [3.8, 4) is 17.0 Å². The Morgan fingerprint density at radius 3 is 2.41 bits per heavy atom. The molecule has 3 aromatic rings. The van der Waals surface area contributed by atoms with E-state index in [2.05, 4.69) is 5.32 Å². The predicted molar refractivity (Wildman–Crippen MR) is 144 cm³/mol. The first-order chi connectivity index (χ1) is 17.7. The average molecular weight is 502 g/mol. The van der Waals surface area contributed by atoms with Crippen molar-refractivity contribution in [2.75, 3.05) is 19.7 Å². The third-order valence-electron chi connectivity index (χ3n) is 7.16. The van der Waals surface area contributed by atoms with Crippen molar-refractivity contribution in [3.05, 3.63) is 60.2 Å². The fraction of sp³-hybridized carbons (Fsp3) is 0.433. The molecule has 5 rings (SSSR count). The lowest BCUT2D eigenvalue weighted by atomic mass is 9.69. The molecule has 1 aromatic heterocycles. The van der Waals surface area contributed by atoms with Crippen molar-refractivity contribution in [1.82, 2.24) is 15.2 Å². The summed E-state index contributed by atoms with van der Waals surface area (Å²) in [7, 11) is 0. The highest BCUT2D eigenvalue weighted by Gasteiger charge is 2.43. The van der Waals surface area contributed by atoms with Gasteiger partial charge in [-0.25, -0.2) is 9.78 Å². The summed E-state index contributed by atoms with van der Waals surface area (Å²) in [5.41, 5.74) is 2.65. The van der Waals surface area contributed by atoms with Gasteiger partial charge in [-0.2, -0.15) is 0 Å². The van der Waals surface area contributed by atoms with E-state index in [1.807, 2.05) is 82.3 Å². The zero-order valence-corrected chi connectivity index (χ0v) is 22.0. The number of nitrogens with one attached hydrogen (secondary N) is 1. The topological polar surface area (TPSA) is 80.8 Å². The largest absolute Gasteiger partial charge is 0.494 e. The molecule has 2 aromatic carbocycles. The standard InChI is InChI=1S/C30H35N3O4/c1-5-36-23-12-10-19(11-13-23)27-16-25(24-8-6-7-9-26(24)32-27)28(34)31-22-14-20(15-22)21-17-33(18-21)29(35)37-30(2,3)4/h6-13,16,20-22H,5,14-15,17-18H2,1-4H3,(H,31,34). The number of nitrogens with zero attached hydrogens (tertiary/aromatic N) is 2. The van der Waals surface area contributed by atoms with Gasteiger partial charge in [0.25, 0.3) is 5.91 Å². The molecule has 2 aliphatic rings. The lowest BCUT2D eigenvalue weighted by Gasteiger charge is -2.49.